The number of rotatable bonds is 5. The quantitative estimate of drug-likeness (QED) is 0.420. The molecule has 1 heterocycles. The average molecular weight is 421 g/mol. The fourth-order valence-corrected chi connectivity index (χ4v) is 5.37. The molecule has 158 valence electrons. The first-order valence-corrected chi connectivity index (χ1v) is 10.4. The van der Waals surface area contributed by atoms with Crippen molar-refractivity contribution in [3.63, 3.8) is 0 Å². The van der Waals surface area contributed by atoms with Crippen LogP contribution in [0.5, 0.6) is 0 Å². The number of Topliss-reactive ketones (excluding diaryl/α,β-unsaturated/α-hetero) is 1. The normalized spacial score (nSPS) is 26.3. The number of imide groups is 1. The first-order valence-electron chi connectivity index (χ1n) is 10.4. The summed E-state index contributed by atoms with van der Waals surface area (Å²) in [5.41, 5.74) is 0.727. The summed E-state index contributed by atoms with van der Waals surface area (Å²) < 4.78 is 18.1. The Labute approximate surface area is 178 Å². The average Bonchev–Trinajstić information content (AvgIpc) is 3.46. The van der Waals surface area contributed by atoms with Gasteiger partial charge in [-0.1, -0.05) is 6.07 Å². The molecule has 0 aromatic heterocycles. The van der Waals surface area contributed by atoms with Gasteiger partial charge in [0.05, 0.1) is 23.1 Å². The van der Waals surface area contributed by atoms with E-state index >= 15 is 0 Å². The van der Waals surface area contributed by atoms with Gasteiger partial charge in [-0.3, -0.25) is 19.3 Å². The van der Waals surface area contributed by atoms with Crippen LogP contribution in [0.1, 0.15) is 40.0 Å². The number of halogens is 1. The van der Waals surface area contributed by atoms with Gasteiger partial charge >= 0.3 is 5.97 Å². The van der Waals surface area contributed by atoms with Crippen LogP contribution in [0.25, 0.3) is 0 Å². The molecule has 0 unspecified atom stereocenters. The molecular formula is C24H20FNO5. The first-order chi connectivity index (χ1) is 14.9. The van der Waals surface area contributed by atoms with Gasteiger partial charge in [0.15, 0.2) is 12.4 Å². The zero-order chi connectivity index (χ0) is 21.7. The molecule has 0 spiro atoms. The molecule has 2 aromatic rings. The molecule has 2 amide bonds. The molecule has 0 N–H and O–H groups in total. The molecule has 1 aliphatic heterocycles. The van der Waals surface area contributed by atoms with E-state index in [1.807, 2.05) is 0 Å². The van der Waals surface area contributed by atoms with E-state index in [1.54, 1.807) is 12.1 Å². The number of anilines is 1. The molecule has 0 radical (unpaired) electrons. The van der Waals surface area contributed by atoms with Gasteiger partial charge in [0, 0.05) is 5.56 Å². The van der Waals surface area contributed by atoms with Crippen LogP contribution in [-0.4, -0.2) is 30.2 Å². The Morgan fingerprint density at radius 3 is 2.23 bits per heavy atom. The predicted octanol–water partition coefficient (Wildman–Crippen LogP) is 3.40. The van der Waals surface area contributed by atoms with E-state index in [9.17, 15) is 23.6 Å². The van der Waals surface area contributed by atoms with Gasteiger partial charge in [-0.15, -0.1) is 0 Å². The van der Waals surface area contributed by atoms with E-state index in [4.69, 9.17) is 4.74 Å². The van der Waals surface area contributed by atoms with Crippen LogP contribution in [0.4, 0.5) is 10.1 Å². The number of esters is 1. The Morgan fingerprint density at radius 2 is 1.58 bits per heavy atom. The molecule has 6 nitrogen and oxygen atoms in total. The second kappa shape index (κ2) is 7.41. The second-order valence-corrected chi connectivity index (χ2v) is 8.45. The number of hydrogen-bond acceptors (Lipinski definition) is 5. The predicted molar refractivity (Wildman–Crippen MR) is 108 cm³/mol. The number of hydrogen-bond donors (Lipinski definition) is 0. The minimum Gasteiger partial charge on any atom is -0.454 e. The lowest BCUT2D eigenvalue weighted by molar-refractivity contribution is -0.123. The smallest absolute Gasteiger partial charge is 0.338 e. The van der Waals surface area contributed by atoms with E-state index in [0.717, 1.165) is 31.4 Å². The number of benzene rings is 2. The van der Waals surface area contributed by atoms with Crippen molar-refractivity contribution in [1.29, 1.82) is 0 Å². The van der Waals surface area contributed by atoms with Crippen LogP contribution in [0, 0.1) is 29.5 Å². The van der Waals surface area contributed by atoms with E-state index < -0.39 is 24.2 Å². The molecule has 7 heteroatoms. The van der Waals surface area contributed by atoms with Crippen LogP contribution < -0.4 is 4.90 Å². The summed E-state index contributed by atoms with van der Waals surface area (Å²) in [5, 5.41) is 0. The molecule has 3 fully saturated rings. The van der Waals surface area contributed by atoms with Crippen molar-refractivity contribution in [2.24, 2.45) is 23.7 Å². The summed E-state index contributed by atoms with van der Waals surface area (Å²) in [6, 6.07) is 11.1. The van der Waals surface area contributed by atoms with Crippen LogP contribution in [0.2, 0.25) is 0 Å². The number of fused-ring (bicyclic) bond motifs is 5. The topological polar surface area (TPSA) is 80.8 Å². The van der Waals surface area contributed by atoms with Crippen molar-refractivity contribution >= 4 is 29.3 Å². The summed E-state index contributed by atoms with van der Waals surface area (Å²) in [7, 11) is 0. The van der Waals surface area contributed by atoms with Crippen molar-refractivity contribution < 1.29 is 28.3 Å². The van der Waals surface area contributed by atoms with Crippen molar-refractivity contribution in [2.75, 3.05) is 11.5 Å². The molecule has 2 bridgehead atoms. The second-order valence-electron chi connectivity index (χ2n) is 8.45. The molecule has 4 atom stereocenters. The monoisotopic (exact) mass is 421 g/mol. The van der Waals surface area contributed by atoms with Crippen LogP contribution >= 0.6 is 0 Å². The third-order valence-corrected chi connectivity index (χ3v) is 6.77. The highest BCUT2D eigenvalue weighted by Gasteiger charge is 2.61. The lowest BCUT2D eigenvalue weighted by Crippen LogP contribution is -2.32. The SMILES string of the molecule is O=C(COC(=O)c1cccc(N2C(=O)[C@@H]3[C@H]4CC[C@@H](C4)[C@H]3C2=O)c1)c1ccc(F)cc1. The molecule has 2 saturated carbocycles. The van der Waals surface area contributed by atoms with Crippen molar-refractivity contribution in [3.05, 3.63) is 65.5 Å². The standard InChI is InChI=1S/C24H20FNO5/c25-17-8-6-13(7-9-17)19(27)12-31-24(30)16-2-1-3-18(11-16)26-22(28)20-14-4-5-15(10-14)21(20)23(26)29/h1-3,6-9,11,14-15,20-21H,4-5,10,12H2/t14-,15-,20+,21+/m0/s1. The Bertz CT molecular complexity index is 1070. The zero-order valence-corrected chi connectivity index (χ0v) is 16.6. The highest BCUT2D eigenvalue weighted by atomic mass is 19.1. The number of ketones is 1. The van der Waals surface area contributed by atoms with E-state index in [2.05, 4.69) is 0 Å². The maximum atomic E-state index is 13.0. The fraction of sp³-hybridized carbons (Fsp3) is 0.333. The van der Waals surface area contributed by atoms with Gasteiger partial charge in [0.25, 0.3) is 0 Å². The number of carbonyl (C=O) groups is 4. The molecular weight excluding hydrogens is 401 g/mol. The maximum absolute atomic E-state index is 13.0. The van der Waals surface area contributed by atoms with Crippen LogP contribution in [0.15, 0.2) is 48.5 Å². The van der Waals surface area contributed by atoms with Gasteiger partial charge < -0.3 is 4.74 Å². The first kappa shape index (κ1) is 19.6. The van der Waals surface area contributed by atoms with E-state index in [0.29, 0.717) is 5.69 Å². The molecule has 3 aliphatic rings. The van der Waals surface area contributed by atoms with Crippen molar-refractivity contribution in [1.82, 2.24) is 0 Å². The van der Waals surface area contributed by atoms with Crippen molar-refractivity contribution in [2.45, 2.75) is 19.3 Å². The maximum Gasteiger partial charge on any atom is 0.338 e. The molecule has 31 heavy (non-hydrogen) atoms. The molecule has 2 aliphatic carbocycles. The lowest BCUT2D eigenvalue weighted by Gasteiger charge is -2.19. The van der Waals surface area contributed by atoms with Gasteiger partial charge in [0.1, 0.15) is 5.82 Å². The van der Waals surface area contributed by atoms with E-state index in [-0.39, 0.29) is 46.6 Å². The van der Waals surface area contributed by atoms with E-state index in [1.165, 1.54) is 29.2 Å². The van der Waals surface area contributed by atoms with Crippen molar-refractivity contribution in [3.8, 4) is 0 Å². The summed E-state index contributed by atoms with van der Waals surface area (Å²) in [4.78, 5) is 51.8. The Kier molecular flexibility index (Phi) is 4.68. The van der Waals surface area contributed by atoms with Crippen LogP contribution in [-0.2, 0) is 14.3 Å². The Balaban J connectivity index is 1.29. The lowest BCUT2D eigenvalue weighted by atomic mass is 9.81. The zero-order valence-electron chi connectivity index (χ0n) is 16.6. The molecule has 5 rings (SSSR count). The third kappa shape index (κ3) is 3.24. The highest BCUT2D eigenvalue weighted by molar-refractivity contribution is 6.22. The number of amides is 2. The minimum atomic E-state index is -0.739. The molecule has 2 aromatic carbocycles. The largest absolute Gasteiger partial charge is 0.454 e. The number of carbonyl (C=O) groups excluding carboxylic acids is 4. The fourth-order valence-electron chi connectivity index (χ4n) is 5.37. The Morgan fingerprint density at radius 1 is 0.935 bits per heavy atom. The van der Waals surface area contributed by atoms with Gasteiger partial charge in [-0.05, 0) is 73.6 Å². The minimum absolute atomic E-state index is 0.144. The third-order valence-electron chi connectivity index (χ3n) is 6.77. The van der Waals surface area contributed by atoms with Gasteiger partial charge in [-0.25, -0.2) is 9.18 Å². The Hall–Kier alpha value is -3.35. The number of nitrogens with zero attached hydrogens (tertiary/aromatic N) is 1. The number of ether oxygens (including phenoxy) is 1. The summed E-state index contributed by atoms with van der Waals surface area (Å²) in [6.45, 7) is -0.496. The summed E-state index contributed by atoms with van der Waals surface area (Å²) >= 11 is 0. The summed E-state index contributed by atoms with van der Waals surface area (Å²) in [6.07, 6.45) is 2.94. The molecule has 1 saturated heterocycles. The van der Waals surface area contributed by atoms with Gasteiger partial charge in [0.2, 0.25) is 11.8 Å². The van der Waals surface area contributed by atoms with Gasteiger partial charge in [-0.2, -0.15) is 0 Å². The summed E-state index contributed by atoms with van der Waals surface area (Å²) in [5.74, 6) is -1.95. The van der Waals surface area contributed by atoms with Crippen LogP contribution in [0.3, 0.4) is 0 Å². The highest BCUT2D eigenvalue weighted by Crippen LogP contribution is 2.56.